The summed E-state index contributed by atoms with van der Waals surface area (Å²) in [6.07, 6.45) is 3.35. The molecule has 0 atom stereocenters. The Labute approximate surface area is 139 Å². The van der Waals surface area contributed by atoms with Crippen LogP contribution in [0.1, 0.15) is 31.4 Å². The van der Waals surface area contributed by atoms with Gasteiger partial charge in [-0.25, -0.2) is 0 Å². The largest absolute Gasteiger partial charge is 0.0651 e. The third-order valence-electron chi connectivity index (χ3n) is 4.42. The highest BCUT2D eigenvalue weighted by Gasteiger charge is 2.14. The molecule has 0 saturated carbocycles. The Morgan fingerprint density at radius 3 is 1.83 bits per heavy atom. The normalized spacial score (nSPS) is 10.7. The lowest BCUT2D eigenvalue weighted by Gasteiger charge is -2.19. The van der Waals surface area contributed by atoms with Crippen molar-refractivity contribution < 1.29 is 0 Å². The van der Waals surface area contributed by atoms with Crippen LogP contribution in [0.15, 0.2) is 72.8 Å². The molecule has 0 aliphatic carbocycles. The van der Waals surface area contributed by atoms with Gasteiger partial charge in [-0.05, 0) is 46.2 Å². The fraction of sp³-hybridized carbons (Fsp3) is 0.217. The highest BCUT2D eigenvalue weighted by molar-refractivity contribution is 5.81. The summed E-state index contributed by atoms with van der Waals surface area (Å²) < 4.78 is 0. The number of hydrogen-bond donors (Lipinski definition) is 0. The van der Waals surface area contributed by atoms with E-state index < -0.39 is 0 Å². The zero-order valence-corrected chi connectivity index (χ0v) is 14.0. The van der Waals surface area contributed by atoms with E-state index in [-0.39, 0.29) is 0 Å². The molecule has 3 rings (SSSR count). The number of hydrogen-bond acceptors (Lipinski definition) is 0. The highest BCUT2D eigenvalue weighted by atomic mass is 14.2. The molecule has 0 aromatic heterocycles. The van der Waals surface area contributed by atoms with E-state index in [1.807, 2.05) is 0 Å². The van der Waals surface area contributed by atoms with E-state index in [4.69, 9.17) is 0 Å². The predicted molar refractivity (Wildman–Crippen MR) is 101 cm³/mol. The van der Waals surface area contributed by atoms with E-state index in [9.17, 15) is 0 Å². The molecule has 0 bridgehead atoms. The zero-order chi connectivity index (χ0) is 16.1. The average Bonchev–Trinajstić information content (AvgIpc) is 2.63. The topological polar surface area (TPSA) is 0 Å². The van der Waals surface area contributed by atoms with Crippen molar-refractivity contribution in [1.29, 1.82) is 0 Å². The third kappa shape index (κ3) is 3.22. The van der Waals surface area contributed by atoms with Gasteiger partial charge in [-0.15, -0.1) is 0 Å². The molecule has 23 heavy (non-hydrogen) atoms. The van der Waals surface area contributed by atoms with Crippen LogP contribution in [0.2, 0.25) is 0 Å². The SMILES string of the molecule is CCCc1ccc(-c2ccccc2)c(CC)c1-c1ccccc1. The summed E-state index contributed by atoms with van der Waals surface area (Å²) in [6.45, 7) is 4.52. The predicted octanol–water partition coefficient (Wildman–Crippen LogP) is 6.54. The lowest BCUT2D eigenvalue weighted by atomic mass is 9.86. The second kappa shape index (κ2) is 7.28. The van der Waals surface area contributed by atoms with Gasteiger partial charge in [-0.3, -0.25) is 0 Å². The Balaban J connectivity index is 2.25. The number of rotatable bonds is 5. The van der Waals surface area contributed by atoms with Gasteiger partial charge in [0.2, 0.25) is 0 Å². The average molecular weight is 300 g/mol. The lowest BCUT2D eigenvalue weighted by Crippen LogP contribution is -1.98. The van der Waals surface area contributed by atoms with Crippen LogP contribution in [-0.2, 0) is 12.8 Å². The minimum atomic E-state index is 1.05. The summed E-state index contributed by atoms with van der Waals surface area (Å²) in [5.74, 6) is 0. The number of aryl methyl sites for hydroxylation is 1. The summed E-state index contributed by atoms with van der Waals surface area (Å²) in [7, 11) is 0. The maximum atomic E-state index is 2.33. The molecule has 3 aromatic rings. The first kappa shape index (κ1) is 15.6. The van der Waals surface area contributed by atoms with Gasteiger partial charge in [-0.1, -0.05) is 93.1 Å². The van der Waals surface area contributed by atoms with Crippen LogP contribution in [-0.4, -0.2) is 0 Å². The Morgan fingerprint density at radius 1 is 0.652 bits per heavy atom. The standard InChI is InChI=1S/C23H24/c1-3-11-19-16-17-22(18-12-7-5-8-13-18)21(4-2)23(19)20-14-9-6-10-15-20/h5-10,12-17H,3-4,11H2,1-2H3. The molecule has 116 valence electrons. The van der Waals surface area contributed by atoms with Gasteiger partial charge in [0.05, 0.1) is 0 Å². The molecule has 0 aliphatic heterocycles. The van der Waals surface area contributed by atoms with Gasteiger partial charge < -0.3 is 0 Å². The second-order valence-corrected chi connectivity index (χ2v) is 5.96. The molecule has 0 N–H and O–H groups in total. The van der Waals surface area contributed by atoms with Crippen LogP contribution in [0, 0.1) is 0 Å². The van der Waals surface area contributed by atoms with Crippen molar-refractivity contribution in [2.24, 2.45) is 0 Å². The molecule has 0 saturated heterocycles. The first-order chi connectivity index (χ1) is 11.3. The van der Waals surface area contributed by atoms with E-state index in [1.54, 1.807) is 0 Å². The van der Waals surface area contributed by atoms with Crippen molar-refractivity contribution in [3.8, 4) is 22.3 Å². The maximum Gasteiger partial charge on any atom is -0.0114 e. The molecule has 0 fully saturated rings. The minimum absolute atomic E-state index is 1.05. The van der Waals surface area contributed by atoms with Gasteiger partial charge in [0.15, 0.2) is 0 Å². The van der Waals surface area contributed by atoms with E-state index in [0.717, 1.165) is 12.8 Å². The van der Waals surface area contributed by atoms with Crippen molar-refractivity contribution in [1.82, 2.24) is 0 Å². The first-order valence-electron chi connectivity index (χ1n) is 8.60. The van der Waals surface area contributed by atoms with Gasteiger partial charge >= 0.3 is 0 Å². The molecular weight excluding hydrogens is 276 g/mol. The summed E-state index contributed by atoms with van der Waals surface area (Å²) in [5.41, 5.74) is 8.39. The lowest BCUT2D eigenvalue weighted by molar-refractivity contribution is 0.920. The fourth-order valence-electron chi connectivity index (χ4n) is 3.39. The molecule has 0 heteroatoms. The second-order valence-electron chi connectivity index (χ2n) is 5.96. The number of benzene rings is 3. The Kier molecular flexibility index (Phi) is 4.92. The van der Waals surface area contributed by atoms with E-state index in [0.29, 0.717) is 0 Å². The van der Waals surface area contributed by atoms with E-state index in [1.165, 1.54) is 39.8 Å². The Hall–Kier alpha value is -2.34. The summed E-state index contributed by atoms with van der Waals surface area (Å²) in [6, 6.07) is 26.2. The van der Waals surface area contributed by atoms with Crippen molar-refractivity contribution >= 4 is 0 Å². The monoisotopic (exact) mass is 300 g/mol. The fourth-order valence-corrected chi connectivity index (χ4v) is 3.39. The molecule has 0 aliphatic rings. The van der Waals surface area contributed by atoms with Gasteiger partial charge in [0.1, 0.15) is 0 Å². The summed E-state index contributed by atoms with van der Waals surface area (Å²) >= 11 is 0. The Morgan fingerprint density at radius 2 is 1.26 bits per heavy atom. The van der Waals surface area contributed by atoms with Crippen molar-refractivity contribution in [2.45, 2.75) is 33.1 Å². The molecule has 0 radical (unpaired) electrons. The van der Waals surface area contributed by atoms with Crippen LogP contribution >= 0.6 is 0 Å². The van der Waals surface area contributed by atoms with Crippen LogP contribution in [0.5, 0.6) is 0 Å². The highest BCUT2D eigenvalue weighted by Crippen LogP contribution is 2.36. The molecule has 0 unspecified atom stereocenters. The summed E-state index contributed by atoms with van der Waals surface area (Å²) in [5, 5.41) is 0. The smallest absolute Gasteiger partial charge is 0.0114 e. The van der Waals surface area contributed by atoms with Gasteiger partial charge in [0, 0.05) is 0 Å². The van der Waals surface area contributed by atoms with Crippen molar-refractivity contribution in [3.05, 3.63) is 83.9 Å². The maximum absolute atomic E-state index is 2.33. The van der Waals surface area contributed by atoms with Gasteiger partial charge in [0.25, 0.3) is 0 Å². The zero-order valence-electron chi connectivity index (χ0n) is 14.0. The summed E-state index contributed by atoms with van der Waals surface area (Å²) in [4.78, 5) is 0. The van der Waals surface area contributed by atoms with Gasteiger partial charge in [-0.2, -0.15) is 0 Å². The third-order valence-corrected chi connectivity index (χ3v) is 4.42. The van der Waals surface area contributed by atoms with E-state index in [2.05, 4.69) is 86.6 Å². The molecule has 0 nitrogen and oxygen atoms in total. The van der Waals surface area contributed by atoms with Crippen LogP contribution in [0.3, 0.4) is 0 Å². The quantitative estimate of drug-likeness (QED) is 0.502. The molecular formula is C23H24. The molecule has 0 spiro atoms. The Bertz CT molecular complexity index is 755. The van der Waals surface area contributed by atoms with Crippen LogP contribution in [0.4, 0.5) is 0 Å². The van der Waals surface area contributed by atoms with Crippen LogP contribution < -0.4 is 0 Å². The molecule has 3 aromatic carbocycles. The molecule has 0 amide bonds. The van der Waals surface area contributed by atoms with E-state index >= 15 is 0 Å². The minimum Gasteiger partial charge on any atom is -0.0651 e. The van der Waals surface area contributed by atoms with Crippen LogP contribution in [0.25, 0.3) is 22.3 Å². The molecule has 0 heterocycles. The van der Waals surface area contributed by atoms with Crippen molar-refractivity contribution in [3.63, 3.8) is 0 Å². The van der Waals surface area contributed by atoms with Crippen molar-refractivity contribution in [2.75, 3.05) is 0 Å². The first-order valence-corrected chi connectivity index (χ1v) is 8.60.